The number of rotatable bonds is 3. The Hall–Kier alpha value is -0.940. The summed E-state index contributed by atoms with van der Waals surface area (Å²) in [5.74, 6) is -0.806. The Balaban J connectivity index is 2.99. The summed E-state index contributed by atoms with van der Waals surface area (Å²) in [5, 5.41) is 0. The number of sulfonamides is 1. The molecule has 0 unspecified atom stereocenters. The molecule has 0 saturated heterocycles. The molecule has 1 aromatic carbocycles. The van der Waals surface area contributed by atoms with Gasteiger partial charge in [0, 0.05) is 5.56 Å². The van der Waals surface area contributed by atoms with E-state index >= 15 is 0 Å². The molecule has 0 bridgehead atoms. The molecular formula is C9H12FNO2S. The van der Waals surface area contributed by atoms with Gasteiger partial charge >= 0.3 is 0 Å². The molecule has 0 amide bonds. The maximum absolute atomic E-state index is 13.2. The lowest BCUT2D eigenvalue weighted by Crippen LogP contribution is -2.20. The third kappa shape index (κ3) is 2.78. The number of hydrogen-bond acceptors (Lipinski definition) is 2. The van der Waals surface area contributed by atoms with E-state index in [0.29, 0.717) is 0 Å². The average molecular weight is 217 g/mol. The third-order valence-electron chi connectivity index (χ3n) is 1.87. The van der Waals surface area contributed by atoms with Crippen LogP contribution in [-0.4, -0.2) is 15.5 Å². The predicted octanol–water partition coefficient (Wildman–Crippen LogP) is 1.18. The van der Waals surface area contributed by atoms with E-state index in [1.165, 1.54) is 19.2 Å². The number of halogens is 1. The normalized spacial score (nSPS) is 11.6. The maximum atomic E-state index is 13.2. The van der Waals surface area contributed by atoms with Crippen molar-refractivity contribution in [3.05, 3.63) is 35.1 Å². The van der Waals surface area contributed by atoms with Crippen LogP contribution in [0.15, 0.2) is 18.2 Å². The molecule has 0 aromatic heterocycles. The van der Waals surface area contributed by atoms with Gasteiger partial charge in [-0.15, -0.1) is 0 Å². The van der Waals surface area contributed by atoms with E-state index in [9.17, 15) is 12.8 Å². The van der Waals surface area contributed by atoms with E-state index < -0.39 is 15.8 Å². The van der Waals surface area contributed by atoms with Gasteiger partial charge in [0.25, 0.3) is 0 Å². The van der Waals surface area contributed by atoms with E-state index in [0.717, 1.165) is 5.56 Å². The second-order valence-corrected chi connectivity index (χ2v) is 4.98. The molecule has 0 aliphatic heterocycles. The Morgan fingerprint density at radius 1 is 1.43 bits per heavy atom. The molecule has 0 heterocycles. The van der Waals surface area contributed by atoms with Gasteiger partial charge in [0.15, 0.2) is 0 Å². The molecule has 1 rings (SSSR count). The SMILES string of the molecule is CNS(=O)(=O)Cc1ccc(C)cc1F. The highest BCUT2D eigenvalue weighted by Crippen LogP contribution is 2.12. The minimum atomic E-state index is -3.40. The zero-order chi connectivity index (χ0) is 10.8. The quantitative estimate of drug-likeness (QED) is 0.826. The summed E-state index contributed by atoms with van der Waals surface area (Å²) >= 11 is 0. The zero-order valence-corrected chi connectivity index (χ0v) is 8.86. The molecule has 0 aliphatic rings. The van der Waals surface area contributed by atoms with E-state index in [2.05, 4.69) is 4.72 Å². The van der Waals surface area contributed by atoms with Gasteiger partial charge in [0.1, 0.15) is 5.82 Å². The molecule has 14 heavy (non-hydrogen) atoms. The molecule has 0 spiro atoms. The summed E-state index contributed by atoms with van der Waals surface area (Å²) in [5.41, 5.74) is 0.957. The van der Waals surface area contributed by atoms with Crippen LogP contribution in [0.3, 0.4) is 0 Å². The molecule has 0 fully saturated rings. The number of benzene rings is 1. The second kappa shape index (κ2) is 4.06. The van der Waals surface area contributed by atoms with Crippen molar-refractivity contribution in [2.45, 2.75) is 12.7 Å². The first-order chi connectivity index (χ1) is 6.44. The summed E-state index contributed by atoms with van der Waals surface area (Å²) in [6.07, 6.45) is 0. The zero-order valence-electron chi connectivity index (χ0n) is 8.04. The fourth-order valence-electron chi connectivity index (χ4n) is 1.05. The van der Waals surface area contributed by atoms with Crippen LogP contribution < -0.4 is 4.72 Å². The minimum Gasteiger partial charge on any atom is -0.218 e. The number of aryl methyl sites for hydroxylation is 1. The van der Waals surface area contributed by atoms with Crippen molar-refractivity contribution in [3.8, 4) is 0 Å². The maximum Gasteiger partial charge on any atom is 0.215 e. The standard InChI is InChI=1S/C9H12FNO2S/c1-7-3-4-8(9(10)5-7)6-14(12,13)11-2/h3-5,11H,6H2,1-2H3. The van der Waals surface area contributed by atoms with Crippen LogP contribution >= 0.6 is 0 Å². The molecule has 1 aromatic rings. The second-order valence-electron chi connectivity index (χ2n) is 3.06. The molecule has 0 radical (unpaired) electrons. The first-order valence-electron chi connectivity index (χ1n) is 4.11. The Labute approximate surface area is 83.0 Å². The van der Waals surface area contributed by atoms with Crippen molar-refractivity contribution < 1.29 is 12.8 Å². The molecule has 5 heteroatoms. The summed E-state index contributed by atoms with van der Waals surface area (Å²) in [6.45, 7) is 1.75. The highest BCUT2D eigenvalue weighted by Gasteiger charge is 2.11. The van der Waals surface area contributed by atoms with Crippen LogP contribution in [0, 0.1) is 12.7 Å². The van der Waals surface area contributed by atoms with Gasteiger partial charge in [-0.3, -0.25) is 0 Å². The molecule has 78 valence electrons. The van der Waals surface area contributed by atoms with E-state index in [4.69, 9.17) is 0 Å². The molecule has 0 aliphatic carbocycles. The Kier molecular flexibility index (Phi) is 3.23. The Morgan fingerprint density at radius 3 is 2.57 bits per heavy atom. The lowest BCUT2D eigenvalue weighted by molar-refractivity contribution is 0.580. The summed E-state index contributed by atoms with van der Waals surface area (Å²) in [7, 11) is -2.09. The summed E-state index contributed by atoms with van der Waals surface area (Å²) in [6, 6.07) is 4.49. The van der Waals surface area contributed by atoms with Gasteiger partial charge in [0.2, 0.25) is 10.0 Å². The highest BCUT2D eigenvalue weighted by atomic mass is 32.2. The van der Waals surface area contributed by atoms with E-state index in [1.54, 1.807) is 13.0 Å². The molecular weight excluding hydrogens is 205 g/mol. The molecule has 0 saturated carbocycles. The monoisotopic (exact) mass is 217 g/mol. The van der Waals surface area contributed by atoms with Crippen molar-refractivity contribution in [2.75, 3.05) is 7.05 Å². The van der Waals surface area contributed by atoms with Crippen LogP contribution in [0.25, 0.3) is 0 Å². The van der Waals surface area contributed by atoms with Gasteiger partial charge in [-0.1, -0.05) is 12.1 Å². The first-order valence-corrected chi connectivity index (χ1v) is 5.76. The number of nitrogens with one attached hydrogen (secondary N) is 1. The predicted molar refractivity (Wildman–Crippen MR) is 52.8 cm³/mol. The van der Waals surface area contributed by atoms with Crippen molar-refractivity contribution in [3.63, 3.8) is 0 Å². The van der Waals surface area contributed by atoms with Gasteiger partial charge in [0.05, 0.1) is 5.75 Å². The lowest BCUT2D eigenvalue weighted by Gasteiger charge is -2.04. The summed E-state index contributed by atoms with van der Waals surface area (Å²) < 4.78 is 37.6. The van der Waals surface area contributed by atoms with Gasteiger partial charge < -0.3 is 0 Å². The largest absolute Gasteiger partial charge is 0.218 e. The fraction of sp³-hybridized carbons (Fsp3) is 0.333. The molecule has 1 N–H and O–H groups in total. The average Bonchev–Trinajstić information content (AvgIpc) is 2.10. The van der Waals surface area contributed by atoms with Crippen molar-refractivity contribution in [1.29, 1.82) is 0 Å². The fourth-order valence-corrected chi connectivity index (χ4v) is 1.83. The topological polar surface area (TPSA) is 46.2 Å². The van der Waals surface area contributed by atoms with Crippen molar-refractivity contribution in [1.82, 2.24) is 4.72 Å². The molecule has 3 nitrogen and oxygen atoms in total. The lowest BCUT2D eigenvalue weighted by atomic mass is 10.2. The van der Waals surface area contributed by atoms with E-state index in [1.807, 2.05) is 0 Å². The van der Waals surface area contributed by atoms with Crippen LogP contribution in [0.1, 0.15) is 11.1 Å². The van der Waals surface area contributed by atoms with Crippen molar-refractivity contribution in [2.24, 2.45) is 0 Å². The van der Waals surface area contributed by atoms with Crippen LogP contribution in [-0.2, 0) is 15.8 Å². The van der Waals surface area contributed by atoms with E-state index in [-0.39, 0.29) is 11.3 Å². The van der Waals surface area contributed by atoms with Crippen LogP contribution in [0.5, 0.6) is 0 Å². The van der Waals surface area contributed by atoms with Crippen LogP contribution in [0.2, 0.25) is 0 Å². The minimum absolute atomic E-state index is 0.185. The Bertz CT molecular complexity index is 428. The van der Waals surface area contributed by atoms with Gasteiger partial charge in [-0.2, -0.15) is 0 Å². The van der Waals surface area contributed by atoms with Crippen LogP contribution in [0.4, 0.5) is 4.39 Å². The van der Waals surface area contributed by atoms with Gasteiger partial charge in [-0.05, 0) is 25.6 Å². The number of hydrogen-bond donors (Lipinski definition) is 1. The third-order valence-corrected chi connectivity index (χ3v) is 3.18. The first kappa shape index (κ1) is 11.1. The van der Waals surface area contributed by atoms with Crippen molar-refractivity contribution >= 4 is 10.0 Å². The Morgan fingerprint density at radius 2 is 2.07 bits per heavy atom. The molecule has 0 atom stereocenters. The highest BCUT2D eigenvalue weighted by molar-refractivity contribution is 7.88. The van der Waals surface area contributed by atoms with Gasteiger partial charge in [-0.25, -0.2) is 17.5 Å². The smallest absolute Gasteiger partial charge is 0.215 e. The summed E-state index contributed by atoms with van der Waals surface area (Å²) in [4.78, 5) is 0.